The summed E-state index contributed by atoms with van der Waals surface area (Å²) in [5.41, 5.74) is 1.21. The molecule has 82 valence electrons. The van der Waals surface area contributed by atoms with Crippen molar-refractivity contribution in [1.29, 1.82) is 0 Å². The average molecular weight is 207 g/mol. The molecule has 0 unspecified atom stereocenters. The summed E-state index contributed by atoms with van der Waals surface area (Å²) in [7, 11) is 1.80. The summed E-state index contributed by atoms with van der Waals surface area (Å²) in [5, 5.41) is 3.39. The van der Waals surface area contributed by atoms with E-state index in [1.54, 1.807) is 13.4 Å². The molecule has 0 aromatic carbocycles. The van der Waals surface area contributed by atoms with E-state index in [4.69, 9.17) is 4.74 Å². The topological polar surface area (TPSA) is 47.0 Å². The van der Waals surface area contributed by atoms with Crippen LogP contribution >= 0.6 is 0 Å². The van der Waals surface area contributed by atoms with Gasteiger partial charge in [0.25, 0.3) is 0 Å². The Labute approximate surface area is 90.1 Å². The van der Waals surface area contributed by atoms with Crippen LogP contribution in [-0.4, -0.2) is 29.2 Å². The second-order valence-electron chi connectivity index (χ2n) is 4.09. The third-order valence-electron chi connectivity index (χ3n) is 3.09. The fraction of sp³-hybridized carbons (Fsp3) is 0.636. The molecular weight excluding hydrogens is 190 g/mol. The van der Waals surface area contributed by atoms with Gasteiger partial charge in [0.2, 0.25) is 0 Å². The predicted octanol–water partition coefficient (Wildman–Crippen LogP) is 1.14. The number of ether oxygens (including phenoxy) is 1. The summed E-state index contributed by atoms with van der Waals surface area (Å²) in [6, 6.07) is 0. The third-order valence-corrected chi connectivity index (χ3v) is 3.09. The molecule has 0 bridgehead atoms. The lowest BCUT2D eigenvalue weighted by atomic mass is 9.80. The van der Waals surface area contributed by atoms with Crippen molar-refractivity contribution in [2.45, 2.75) is 31.4 Å². The van der Waals surface area contributed by atoms with E-state index < -0.39 is 0 Å². The van der Waals surface area contributed by atoms with Gasteiger partial charge in [-0.05, 0) is 19.3 Å². The number of hydrogen-bond donors (Lipinski definition) is 1. The molecule has 1 aliphatic rings. The molecule has 15 heavy (non-hydrogen) atoms. The summed E-state index contributed by atoms with van der Waals surface area (Å²) < 4.78 is 5.52. The number of methoxy groups -OCH3 is 1. The van der Waals surface area contributed by atoms with Crippen LogP contribution in [0.25, 0.3) is 0 Å². The minimum Gasteiger partial charge on any atom is -0.377 e. The first-order valence-electron chi connectivity index (χ1n) is 5.34. The zero-order valence-corrected chi connectivity index (χ0v) is 9.07. The molecule has 0 aliphatic heterocycles. The van der Waals surface area contributed by atoms with Crippen molar-refractivity contribution < 1.29 is 4.74 Å². The first-order chi connectivity index (χ1) is 7.35. The van der Waals surface area contributed by atoms with Gasteiger partial charge in [-0.2, -0.15) is 0 Å². The van der Waals surface area contributed by atoms with Gasteiger partial charge in [-0.1, -0.05) is 0 Å². The molecule has 1 heterocycles. The number of hydrogen-bond acceptors (Lipinski definition) is 4. The van der Waals surface area contributed by atoms with Gasteiger partial charge >= 0.3 is 0 Å². The Balaban J connectivity index is 1.75. The van der Waals surface area contributed by atoms with E-state index in [2.05, 4.69) is 15.3 Å². The SMILES string of the molecule is COC1(CNCc2cncnc2)CCC1. The number of aromatic nitrogens is 2. The van der Waals surface area contributed by atoms with Crippen LogP contribution in [0.15, 0.2) is 18.7 Å². The maximum Gasteiger partial charge on any atom is 0.115 e. The Morgan fingerprint density at radius 2 is 2.13 bits per heavy atom. The Bertz CT molecular complexity index is 292. The molecule has 2 rings (SSSR count). The monoisotopic (exact) mass is 207 g/mol. The van der Waals surface area contributed by atoms with E-state index in [0.717, 1.165) is 18.7 Å². The summed E-state index contributed by atoms with van der Waals surface area (Å²) in [6.07, 6.45) is 8.83. The third kappa shape index (κ3) is 2.52. The second kappa shape index (κ2) is 4.68. The number of nitrogens with one attached hydrogen (secondary N) is 1. The molecule has 1 aliphatic carbocycles. The minimum atomic E-state index is 0.0929. The highest BCUT2D eigenvalue weighted by Crippen LogP contribution is 2.34. The van der Waals surface area contributed by atoms with Gasteiger partial charge in [0.1, 0.15) is 6.33 Å². The highest BCUT2D eigenvalue weighted by atomic mass is 16.5. The van der Waals surface area contributed by atoms with Crippen molar-refractivity contribution in [2.24, 2.45) is 0 Å². The minimum absolute atomic E-state index is 0.0929. The van der Waals surface area contributed by atoms with Crippen LogP contribution in [0, 0.1) is 0 Å². The Morgan fingerprint density at radius 3 is 2.67 bits per heavy atom. The van der Waals surface area contributed by atoms with Crippen molar-refractivity contribution in [3.63, 3.8) is 0 Å². The first-order valence-corrected chi connectivity index (χ1v) is 5.34. The molecule has 1 aromatic heterocycles. The predicted molar refractivity (Wildman–Crippen MR) is 57.3 cm³/mol. The molecule has 1 fully saturated rings. The zero-order chi connectivity index (χ0) is 10.6. The highest BCUT2D eigenvalue weighted by molar-refractivity contribution is 5.02. The van der Waals surface area contributed by atoms with Gasteiger partial charge in [-0.15, -0.1) is 0 Å². The number of nitrogens with zero attached hydrogens (tertiary/aromatic N) is 2. The molecule has 4 nitrogen and oxygen atoms in total. The molecular formula is C11H17N3O. The van der Waals surface area contributed by atoms with E-state index in [1.807, 2.05) is 12.4 Å². The second-order valence-corrected chi connectivity index (χ2v) is 4.09. The van der Waals surface area contributed by atoms with E-state index >= 15 is 0 Å². The lowest BCUT2D eigenvalue weighted by Crippen LogP contribution is -2.47. The Morgan fingerprint density at radius 1 is 1.40 bits per heavy atom. The van der Waals surface area contributed by atoms with Gasteiger partial charge in [0, 0.05) is 38.2 Å². The Hall–Kier alpha value is -1.00. The van der Waals surface area contributed by atoms with Crippen molar-refractivity contribution in [3.8, 4) is 0 Å². The lowest BCUT2D eigenvalue weighted by molar-refractivity contribution is -0.0695. The molecule has 1 aromatic rings. The molecule has 0 radical (unpaired) electrons. The fourth-order valence-corrected chi connectivity index (χ4v) is 1.88. The van der Waals surface area contributed by atoms with Gasteiger partial charge in [0.05, 0.1) is 5.60 Å². The van der Waals surface area contributed by atoms with Crippen LogP contribution in [0.5, 0.6) is 0 Å². The maximum atomic E-state index is 5.52. The van der Waals surface area contributed by atoms with Gasteiger partial charge in [-0.25, -0.2) is 9.97 Å². The fourth-order valence-electron chi connectivity index (χ4n) is 1.88. The number of rotatable bonds is 5. The quantitative estimate of drug-likeness (QED) is 0.786. The molecule has 1 N–H and O–H groups in total. The molecule has 0 amide bonds. The largest absolute Gasteiger partial charge is 0.377 e. The Kier molecular flexibility index (Phi) is 3.28. The molecule has 1 saturated carbocycles. The molecule has 0 saturated heterocycles. The van der Waals surface area contributed by atoms with Gasteiger partial charge in [0.15, 0.2) is 0 Å². The van der Waals surface area contributed by atoms with Crippen molar-refractivity contribution in [3.05, 3.63) is 24.3 Å². The zero-order valence-electron chi connectivity index (χ0n) is 9.07. The summed E-state index contributed by atoms with van der Waals surface area (Å²) in [5.74, 6) is 0. The van der Waals surface area contributed by atoms with Crippen LogP contribution in [0.2, 0.25) is 0 Å². The summed E-state index contributed by atoms with van der Waals surface area (Å²) >= 11 is 0. The van der Waals surface area contributed by atoms with Crippen molar-refractivity contribution >= 4 is 0 Å². The maximum absolute atomic E-state index is 5.52. The van der Waals surface area contributed by atoms with Crippen LogP contribution in [0.1, 0.15) is 24.8 Å². The van der Waals surface area contributed by atoms with E-state index in [1.165, 1.54) is 19.3 Å². The smallest absolute Gasteiger partial charge is 0.115 e. The molecule has 4 heteroatoms. The van der Waals surface area contributed by atoms with Gasteiger partial charge in [-0.3, -0.25) is 0 Å². The van der Waals surface area contributed by atoms with Gasteiger partial charge < -0.3 is 10.1 Å². The van der Waals surface area contributed by atoms with Crippen LogP contribution < -0.4 is 5.32 Å². The van der Waals surface area contributed by atoms with Crippen LogP contribution in [-0.2, 0) is 11.3 Å². The van der Waals surface area contributed by atoms with E-state index in [-0.39, 0.29) is 5.60 Å². The molecule has 0 atom stereocenters. The highest BCUT2D eigenvalue weighted by Gasteiger charge is 2.36. The normalized spacial score (nSPS) is 18.5. The first kappa shape index (κ1) is 10.5. The standard InChI is InChI=1S/C11H17N3O/c1-15-11(3-2-4-11)8-12-5-10-6-13-9-14-7-10/h6-7,9,12H,2-5,8H2,1H3. The van der Waals surface area contributed by atoms with Crippen LogP contribution in [0.3, 0.4) is 0 Å². The average Bonchev–Trinajstić information content (AvgIpc) is 2.24. The van der Waals surface area contributed by atoms with Crippen molar-refractivity contribution in [1.82, 2.24) is 15.3 Å². The van der Waals surface area contributed by atoms with E-state index in [0.29, 0.717) is 0 Å². The van der Waals surface area contributed by atoms with E-state index in [9.17, 15) is 0 Å². The lowest BCUT2D eigenvalue weighted by Gasteiger charge is -2.40. The summed E-state index contributed by atoms with van der Waals surface area (Å²) in [6.45, 7) is 1.73. The summed E-state index contributed by atoms with van der Waals surface area (Å²) in [4.78, 5) is 7.94. The molecule has 0 spiro atoms. The van der Waals surface area contributed by atoms with Crippen LogP contribution in [0.4, 0.5) is 0 Å². The van der Waals surface area contributed by atoms with Crippen molar-refractivity contribution in [2.75, 3.05) is 13.7 Å².